The minimum Gasteiger partial charge on any atom is -0.324 e. The first kappa shape index (κ1) is 49.8. The fraction of sp³-hybridized carbons (Fsp3) is 0.143. The van der Waals surface area contributed by atoms with Gasteiger partial charge >= 0.3 is 0 Å². The Labute approximate surface area is 405 Å². The molecule has 22 heteroatoms. The largest absolute Gasteiger partial charge is 0.324 e. The van der Waals surface area contributed by atoms with E-state index in [2.05, 4.69) is 41.7 Å². The van der Waals surface area contributed by atoms with Crippen molar-refractivity contribution < 1.29 is 28.8 Å². The first-order valence-electron chi connectivity index (χ1n) is 18.2. The maximum absolute atomic E-state index is 13.4. The average Bonchev–Trinajstić information content (AvgIpc) is 3.21. The molecule has 4 N–H and O–H groups in total. The number of benzene rings is 5. The molecule has 0 aliphatic carbocycles. The molecule has 0 saturated carbocycles. The number of ketones is 2. The van der Waals surface area contributed by atoms with Crippen molar-refractivity contribution in [2.45, 2.75) is 39.8 Å². The monoisotopic (exact) mass is 1020 g/mol. The van der Waals surface area contributed by atoms with Crippen molar-refractivity contribution in [1.29, 1.82) is 0 Å². The molecule has 2 atom stereocenters. The molecule has 64 heavy (non-hydrogen) atoms. The number of anilines is 4. The lowest BCUT2D eigenvalue weighted by molar-refractivity contribution is -0.127. The van der Waals surface area contributed by atoms with Gasteiger partial charge in [-0.15, -0.1) is 0 Å². The lowest BCUT2D eigenvalue weighted by Crippen LogP contribution is -2.33. The normalized spacial score (nSPS) is 12.2. The van der Waals surface area contributed by atoms with Crippen molar-refractivity contribution in [2.24, 2.45) is 20.5 Å². The average molecular weight is 1030 g/mol. The summed E-state index contributed by atoms with van der Waals surface area (Å²) in [6.07, 6.45) is 0. The van der Waals surface area contributed by atoms with Crippen LogP contribution in [0.2, 0.25) is 40.2 Å². The summed E-state index contributed by atoms with van der Waals surface area (Å²) >= 11 is 48.8. The second-order valence-corrected chi connectivity index (χ2v) is 16.9. The number of hydrogen-bond acceptors (Lipinski definition) is 10. The maximum atomic E-state index is 13.4. The van der Waals surface area contributed by atoms with Gasteiger partial charge in [0.25, 0.3) is 23.6 Å². The minimum absolute atomic E-state index is 0.0616. The van der Waals surface area contributed by atoms with E-state index >= 15 is 0 Å². The van der Waals surface area contributed by atoms with E-state index in [1.807, 2.05) is 0 Å². The van der Waals surface area contributed by atoms with Crippen LogP contribution in [0.3, 0.4) is 0 Å². The maximum Gasteiger partial charge on any atom is 0.258 e. The van der Waals surface area contributed by atoms with E-state index in [1.54, 1.807) is 13.8 Å². The number of rotatable bonds is 14. The van der Waals surface area contributed by atoms with Gasteiger partial charge in [0, 0.05) is 43.9 Å². The van der Waals surface area contributed by atoms with Gasteiger partial charge in [0.15, 0.2) is 11.6 Å². The van der Waals surface area contributed by atoms with E-state index in [-0.39, 0.29) is 85.4 Å². The molecular weight excluding hydrogens is 996 g/mol. The van der Waals surface area contributed by atoms with Gasteiger partial charge in [-0.25, -0.2) is 0 Å². The third kappa shape index (κ3) is 12.8. The number of nitrogens with zero attached hydrogens (tertiary/aromatic N) is 4. The molecule has 5 aromatic rings. The molecule has 0 aliphatic rings. The molecule has 5 rings (SSSR count). The SMILES string of the molecule is CC(=O)C(N=Nc1cc(Cl)cc(C(=O)Nc2cc(Cl)c(Cl)c(Cl)c2)c1)C(=O)Nc1ccc(NC(=O)C(N=Nc2cc(Cl)cc(C(=O)Nc3cc(Cl)c(Cl)c(Cl)c3)c2)C(C)=O)c(C)c1C. The fourth-order valence-corrected chi connectivity index (χ4v) is 7.22. The summed E-state index contributed by atoms with van der Waals surface area (Å²) in [6, 6.07) is 13.5. The van der Waals surface area contributed by atoms with Gasteiger partial charge in [0.1, 0.15) is 0 Å². The Morgan fingerprint density at radius 2 is 0.797 bits per heavy atom. The Hall–Kier alpha value is -5.16. The van der Waals surface area contributed by atoms with E-state index in [0.29, 0.717) is 11.1 Å². The zero-order chi connectivity index (χ0) is 47.2. The molecule has 0 radical (unpaired) electrons. The number of carbonyl (C=O) groups excluding carboxylic acids is 6. The number of nitrogens with one attached hydrogen (secondary N) is 4. The van der Waals surface area contributed by atoms with E-state index in [4.69, 9.17) is 92.8 Å². The van der Waals surface area contributed by atoms with E-state index in [1.165, 1.54) is 72.8 Å². The minimum atomic E-state index is -1.61. The van der Waals surface area contributed by atoms with Crippen LogP contribution in [0.4, 0.5) is 34.1 Å². The van der Waals surface area contributed by atoms with Crippen LogP contribution in [0.15, 0.2) is 93.3 Å². The Balaban J connectivity index is 1.26. The quantitative estimate of drug-likeness (QED) is 0.0484. The zero-order valence-corrected chi connectivity index (χ0v) is 39.4. The van der Waals surface area contributed by atoms with E-state index < -0.39 is 47.3 Å². The number of hydrogen-bond donors (Lipinski definition) is 4. The molecule has 4 amide bonds. The van der Waals surface area contributed by atoms with Crippen LogP contribution in [0.5, 0.6) is 0 Å². The highest BCUT2D eigenvalue weighted by molar-refractivity contribution is 6.49. The van der Waals surface area contributed by atoms with Gasteiger partial charge in [0.2, 0.25) is 12.1 Å². The smallest absolute Gasteiger partial charge is 0.258 e. The molecule has 2 unspecified atom stereocenters. The van der Waals surface area contributed by atoms with Crippen LogP contribution in [0, 0.1) is 13.8 Å². The predicted molar refractivity (Wildman–Crippen MR) is 253 cm³/mol. The topological polar surface area (TPSA) is 200 Å². The molecule has 0 spiro atoms. The van der Waals surface area contributed by atoms with Crippen molar-refractivity contribution in [3.05, 3.63) is 135 Å². The van der Waals surface area contributed by atoms with Crippen LogP contribution < -0.4 is 21.3 Å². The second-order valence-electron chi connectivity index (χ2n) is 13.7. The number of azo groups is 2. The third-order valence-corrected chi connectivity index (χ3v) is 11.8. The van der Waals surface area contributed by atoms with Gasteiger partial charge in [0.05, 0.1) is 41.5 Å². The first-order chi connectivity index (χ1) is 30.1. The van der Waals surface area contributed by atoms with Gasteiger partial charge in [-0.1, -0.05) is 92.8 Å². The van der Waals surface area contributed by atoms with Crippen molar-refractivity contribution in [3.63, 3.8) is 0 Å². The Morgan fingerprint density at radius 3 is 1.11 bits per heavy atom. The van der Waals surface area contributed by atoms with Crippen LogP contribution in [0.25, 0.3) is 0 Å². The van der Waals surface area contributed by atoms with E-state index in [0.717, 1.165) is 13.8 Å². The van der Waals surface area contributed by atoms with E-state index in [9.17, 15) is 28.8 Å². The Morgan fingerprint density at radius 1 is 0.469 bits per heavy atom. The fourth-order valence-electron chi connectivity index (χ4n) is 5.57. The Bertz CT molecular complexity index is 2590. The van der Waals surface area contributed by atoms with Gasteiger partial charge in [-0.3, -0.25) is 28.8 Å². The van der Waals surface area contributed by atoms with Crippen molar-refractivity contribution in [1.82, 2.24) is 0 Å². The van der Waals surface area contributed by atoms with Gasteiger partial charge < -0.3 is 21.3 Å². The summed E-state index contributed by atoms with van der Waals surface area (Å²) in [5, 5.41) is 27.5. The summed E-state index contributed by atoms with van der Waals surface area (Å²) in [4.78, 5) is 78.1. The zero-order valence-electron chi connectivity index (χ0n) is 33.3. The summed E-state index contributed by atoms with van der Waals surface area (Å²) in [6.45, 7) is 5.61. The third-order valence-electron chi connectivity index (χ3n) is 8.92. The van der Waals surface area contributed by atoms with Crippen LogP contribution in [-0.4, -0.2) is 47.3 Å². The highest BCUT2D eigenvalue weighted by Crippen LogP contribution is 2.35. The van der Waals surface area contributed by atoms with Gasteiger partial charge in [-0.05, 0) is 112 Å². The molecule has 0 bridgehead atoms. The summed E-state index contributed by atoms with van der Waals surface area (Å²) in [7, 11) is 0. The lowest BCUT2D eigenvalue weighted by atomic mass is 10.0. The molecule has 0 aliphatic heterocycles. The molecule has 0 aromatic heterocycles. The van der Waals surface area contributed by atoms with Crippen molar-refractivity contribution in [3.8, 4) is 0 Å². The Kier molecular flexibility index (Phi) is 16.9. The second kappa shape index (κ2) is 21.7. The summed E-state index contributed by atoms with van der Waals surface area (Å²) in [5.74, 6) is -4.17. The number of carbonyl (C=O) groups is 6. The van der Waals surface area contributed by atoms with Crippen LogP contribution >= 0.6 is 92.8 Å². The highest BCUT2D eigenvalue weighted by atomic mass is 35.5. The van der Waals surface area contributed by atoms with Crippen molar-refractivity contribution >= 4 is 162 Å². The number of amides is 4. The summed E-state index contributed by atoms with van der Waals surface area (Å²) < 4.78 is 0. The molecular formula is C42H30Cl8N8O6. The highest BCUT2D eigenvalue weighted by Gasteiger charge is 2.27. The summed E-state index contributed by atoms with van der Waals surface area (Å²) in [5.41, 5.74) is 2.30. The molecule has 0 heterocycles. The number of Topliss-reactive ketones (excluding diaryl/α,β-unsaturated/α-hetero) is 2. The lowest BCUT2D eigenvalue weighted by Gasteiger charge is -2.17. The van der Waals surface area contributed by atoms with Crippen LogP contribution in [0.1, 0.15) is 45.7 Å². The van der Waals surface area contributed by atoms with Crippen molar-refractivity contribution in [2.75, 3.05) is 21.3 Å². The van der Waals surface area contributed by atoms with Crippen LogP contribution in [-0.2, 0) is 19.2 Å². The molecule has 14 nitrogen and oxygen atoms in total. The standard InChI is InChI=1S/C42H30Cl8N8O6/c1-17-18(2)34(54-42(64)38(20(4)60)58-56-28-10-22(8-24(44)12-28)40(62)52-26-15-31(47)36(50)32(48)16-26)6-5-33(17)53-41(63)37(19(3)59)57-55-27-9-21(7-23(43)11-27)39(61)51-25-13-29(45)35(49)30(46)14-25/h5-16,37-38H,1-4H3,(H,51,61)(H,52,62)(H,53,63)(H,54,64). The first-order valence-corrected chi connectivity index (χ1v) is 21.2. The number of halogens is 8. The molecule has 0 saturated heterocycles. The molecule has 330 valence electrons. The predicted octanol–water partition coefficient (Wildman–Crippen LogP) is 13.4. The molecule has 0 fully saturated rings. The molecule has 5 aromatic carbocycles. The van der Waals surface area contributed by atoms with Gasteiger partial charge in [-0.2, -0.15) is 20.5 Å².